The van der Waals surface area contributed by atoms with Crippen molar-refractivity contribution < 1.29 is 9.84 Å². The summed E-state index contributed by atoms with van der Waals surface area (Å²) in [5.74, 6) is 3.17. The van der Waals surface area contributed by atoms with Crippen molar-refractivity contribution in [2.24, 2.45) is 5.92 Å². The molecular formula is C12H15ClO2S. The van der Waals surface area contributed by atoms with E-state index in [9.17, 15) is 5.11 Å². The molecule has 0 aromatic heterocycles. The van der Waals surface area contributed by atoms with E-state index in [0.29, 0.717) is 16.7 Å². The van der Waals surface area contributed by atoms with Gasteiger partial charge in [-0.05, 0) is 41.5 Å². The Labute approximate surface area is 105 Å². The van der Waals surface area contributed by atoms with Crippen molar-refractivity contribution >= 4 is 23.4 Å². The van der Waals surface area contributed by atoms with Crippen LogP contribution in [0.2, 0.25) is 5.02 Å². The minimum absolute atomic E-state index is 0.357. The molecular weight excluding hydrogens is 244 g/mol. The summed E-state index contributed by atoms with van der Waals surface area (Å²) in [6.45, 7) is 0. The molecule has 1 aromatic rings. The third-order valence-corrected chi connectivity index (χ3v) is 4.43. The van der Waals surface area contributed by atoms with Gasteiger partial charge in [0.25, 0.3) is 0 Å². The van der Waals surface area contributed by atoms with Crippen LogP contribution in [0.5, 0.6) is 5.75 Å². The molecule has 2 rings (SSSR count). The first-order chi connectivity index (χ1) is 7.72. The van der Waals surface area contributed by atoms with Gasteiger partial charge in [0.15, 0.2) is 0 Å². The number of ether oxygens (including phenoxy) is 1. The molecule has 1 aliphatic rings. The van der Waals surface area contributed by atoms with Gasteiger partial charge in [0, 0.05) is 0 Å². The minimum atomic E-state index is -0.402. The van der Waals surface area contributed by atoms with Crippen molar-refractivity contribution in [3.05, 3.63) is 28.8 Å². The fraction of sp³-hybridized carbons (Fsp3) is 0.500. The lowest BCUT2D eigenvalue weighted by molar-refractivity contribution is 0.121. The SMILES string of the molecule is COc1cc(C(O)C2CCSC2)ccc1Cl. The molecule has 1 saturated heterocycles. The summed E-state index contributed by atoms with van der Waals surface area (Å²) >= 11 is 7.85. The molecule has 4 heteroatoms. The molecule has 88 valence electrons. The van der Waals surface area contributed by atoms with Crippen molar-refractivity contribution in [1.29, 1.82) is 0 Å². The van der Waals surface area contributed by atoms with Gasteiger partial charge >= 0.3 is 0 Å². The number of rotatable bonds is 3. The van der Waals surface area contributed by atoms with Gasteiger partial charge in [0.05, 0.1) is 18.2 Å². The maximum atomic E-state index is 10.2. The Kier molecular flexibility index (Phi) is 4.00. The summed E-state index contributed by atoms with van der Waals surface area (Å²) in [6.07, 6.45) is 0.678. The van der Waals surface area contributed by atoms with Gasteiger partial charge < -0.3 is 9.84 Å². The second-order valence-corrected chi connectivity index (χ2v) is 5.52. The first-order valence-electron chi connectivity index (χ1n) is 5.31. The molecule has 1 aromatic carbocycles. The molecule has 0 bridgehead atoms. The van der Waals surface area contributed by atoms with Crippen molar-refractivity contribution in [3.63, 3.8) is 0 Å². The maximum absolute atomic E-state index is 10.2. The van der Waals surface area contributed by atoms with E-state index >= 15 is 0 Å². The van der Waals surface area contributed by atoms with Gasteiger partial charge in [-0.15, -0.1) is 0 Å². The molecule has 1 fully saturated rings. The Hall–Kier alpha value is -0.380. The Morgan fingerprint density at radius 3 is 3.00 bits per heavy atom. The molecule has 0 aliphatic carbocycles. The number of halogens is 1. The molecule has 1 N–H and O–H groups in total. The highest BCUT2D eigenvalue weighted by Gasteiger charge is 2.25. The molecule has 16 heavy (non-hydrogen) atoms. The third-order valence-electron chi connectivity index (χ3n) is 2.93. The highest BCUT2D eigenvalue weighted by Crippen LogP contribution is 2.36. The smallest absolute Gasteiger partial charge is 0.137 e. The Balaban J connectivity index is 2.19. The molecule has 2 nitrogen and oxygen atoms in total. The van der Waals surface area contributed by atoms with E-state index in [1.165, 1.54) is 0 Å². The number of thioether (sulfide) groups is 1. The highest BCUT2D eigenvalue weighted by atomic mass is 35.5. The topological polar surface area (TPSA) is 29.5 Å². The predicted molar refractivity (Wildman–Crippen MR) is 68.4 cm³/mol. The van der Waals surface area contributed by atoms with Gasteiger partial charge in [0.2, 0.25) is 0 Å². The van der Waals surface area contributed by atoms with E-state index in [1.54, 1.807) is 13.2 Å². The number of methoxy groups -OCH3 is 1. The normalized spacial score (nSPS) is 22.1. The zero-order valence-corrected chi connectivity index (χ0v) is 10.7. The standard InChI is InChI=1S/C12H15ClO2S/c1-15-11-6-8(2-3-10(11)13)12(14)9-4-5-16-7-9/h2-3,6,9,12,14H,4-5,7H2,1H3. The van der Waals surface area contributed by atoms with E-state index in [1.807, 2.05) is 23.9 Å². The minimum Gasteiger partial charge on any atom is -0.495 e. The van der Waals surface area contributed by atoms with E-state index in [4.69, 9.17) is 16.3 Å². The Bertz CT molecular complexity index is 364. The van der Waals surface area contributed by atoms with E-state index in [0.717, 1.165) is 23.5 Å². The first kappa shape index (κ1) is 12.1. The number of aliphatic hydroxyl groups excluding tert-OH is 1. The Morgan fingerprint density at radius 2 is 2.38 bits per heavy atom. The number of hydrogen-bond donors (Lipinski definition) is 1. The largest absolute Gasteiger partial charge is 0.495 e. The van der Waals surface area contributed by atoms with Crippen LogP contribution in [0, 0.1) is 5.92 Å². The van der Waals surface area contributed by atoms with Gasteiger partial charge in [-0.3, -0.25) is 0 Å². The van der Waals surface area contributed by atoms with Gasteiger partial charge in [-0.2, -0.15) is 11.8 Å². The van der Waals surface area contributed by atoms with Crippen LogP contribution >= 0.6 is 23.4 Å². The summed E-state index contributed by atoms with van der Waals surface area (Å²) in [4.78, 5) is 0. The van der Waals surface area contributed by atoms with Crippen molar-refractivity contribution in [1.82, 2.24) is 0 Å². The fourth-order valence-electron chi connectivity index (χ4n) is 1.93. The quantitative estimate of drug-likeness (QED) is 0.903. The zero-order valence-electron chi connectivity index (χ0n) is 9.15. The van der Waals surface area contributed by atoms with Crippen LogP contribution < -0.4 is 4.74 Å². The first-order valence-corrected chi connectivity index (χ1v) is 6.85. The zero-order chi connectivity index (χ0) is 11.5. The van der Waals surface area contributed by atoms with E-state index in [-0.39, 0.29) is 0 Å². The predicted octanol–water partition coefficient (Wildman–Crippen LogP) is 3.14. The van der Waals surface area contributed by atoms with E-state index in [2.05, 4.69) is 0 Å². The van der Waals surface area contributed by atoms with Crippen LogP contribution in [0.1, 0.15) is 18.1 Å². The molecule has 0 spiro atoms. The molecule has 1 heterocycles. The summed E-state index contributed by atoms with van der Waals surface area (Å²) in [5.41, 5.74) is 0.897. The fourth-order valence-corrected chi connectivity index (χ4v) is 3.42. The van der Waals surface area contributed by atoms with Crippen LogP contribution in [-0.2, 0) is 0 Å². The van der Waals surface area contributed by atoms with Gasteiger partial charge in [0.1, 0.15) is 5.75 Å². The van der Waals surface area contributed by atoms with Gasteiger partial charge in [-0.1, -0.05) is 17.7 Å². The van der Waals surface area contributed by atoms with Crippen LogP contribution in [0.3, 0.4) is 0 Å². The van der Waals surface area contributed by atoms with Gasteiger partial charge in [-0.25, -0.2) is 0 Å². The third kappa shape index (κ3) is 2.47. The number of benzene rings is 1. The molecule has 2 atom stereocenters. The highest BCUT2D eigenvalue weighted by molar-refractivity contribution is 7.99. The summed E-state index contributed by atoms with van der Waals surface area (Å²) in [7, 11) is 1.59. The molecule has 1 aliphatic heterocycles. The second-order valence-electron chi connectivity index (χ2n) is 3.96. The molecule has 0 radical (unpaired) electrons. The van der Waals surface area contributed by atoms with E-state index < -0.39 is 6.10 Å². The van der Waals surface area contributed by atoms with Crippen LogP contribution in [0.15, 0.2) is 18.2 Å². The van der Waals surface area contributed by atoms with Crippen LogP contribution in [-0.4, -0.2) is 23.7 Å². The number of hydrogen-bond acceptors (Lipinski definition) is 3. The number of aliphatic hydroxyl groups is 1. The summed E-state index contributed by atoms with van der Waals surface area (Å²) in [5, 5.41) is 10.8. The van der Waals surface area contributed by atoms with Crippen molar-refractivity contribution in [3.8, 4) is 5.75 Å². The van der Waals surface area contributed by atoms with Crippen LogP contribution in [0.4, 0.5) is 0 Å². The lowest BCUT2D eigenvalue weighted by Gasteiger charge is -2.18. The lowest BCUT2D eigenvalue weighted by Crippen LogP contribution is -2.11. The van der Waals surface area contributed by atoms with Crippen molar-refractivity contribution in [2.45, 2.75) is 12.5 Å². The monoisotopic (exact) mass is 258 g/mol. The van der Waals surface area contributed by atoms with Crippen LogP contribution in [0.25, 0.3) is 0 Å². The van der Waals surface area contributed by atoms with Crippen molar-refractivity contribution in [2.75, 3.05) is 18.6 Å². The lowest BCUT2D eigenvalue weighted by atomic mass is 9.95. The summed E-state index contributed by atoms with van der Waals surface area (Å²) in [6, 6.07) is 5.48. The Morgan fingerprint density at radius 1 is 1.56 bits per heavy atom. The maximum Gasteiger partial charge on any atom is 0.137 e. The molecule has 0 saturated carbocycles. The average Bonchev–Trinajstić information content (AvgIpc) is 2.82. The summed E-state index contributed by atoms with van der Waals surface area (Å²) < 4.78 is 5.15. The molecule has 2 unspecified atom stereocenters. The average molecular weight is 259 g/mol. The second kappa shape index (κ2) is 5.30. The molecule has 0 amide bonds.